The van der Waals surface area contributed by atoms with Crippen LogP contribution in [-0.4, -0.2) is 6.54 Å². The topological polar surface area (TPSA) is 12.0 Å². The summed E-state index contributed by atoms with van der Waals surface area (Å²) in [5.74, 6) is 0. The van der Waals surface area contributed by atoms with Crippen molar-refractivity contribution in [2.75, 3.05) is 6.54 Å². The number of rotatable bonds is 1. The van der Waals surface area contributed by atoms with Crippen LogP contribution in [-0.2, 0) is 6.18 Å². The molecule has 0 aromatic heterocycles. The average Bonchev–Trinajstić information content (AvgIpc) is 2.68. The van der Waals surface area contributed by atoms with Gasteiger partial charge in [-0.15, -0.1) is 12.4 Å². The minimum atomic E-state index is -4.28. The van der Waals surface area contributed by atoms with E-state index >= 15 is 0 Å². The Morgan fingerprint density at radius 3 is 2.47 bits per heavy atom. The minimum Gasteiger partial charge on any atom is -0.310 e. The van der Waals surface area contributed by atoms with Crippen molar-refractivity contribution < 1.29 is 13.2 Å². The Kier molecular flexibility index (Phi) is 4.86. The molecule has 0 unspecified atom stereocenters. The molecule has 0 saturated carbocycles. The van der Waals surface area contributed by atoms with Crippen LogP contribution in [0.25, 0.3) is 0 Å². The Bertz CT molecular complexity index is 389. The SMILES string of the molecule is Cl.FC(F)(F)c1cc(Br)cc([C@H]2CCCN2)c1. The fourth-order valence-corrected chi connectivity index (χ4v) is 2.46. The van der Waals surface area contributed by atoms with Crippen molar-refractivity contribution in [2.24, 2.45) is 0 Å². The molecule has 0 bridgehead atoms. The Morgan fingerprint density at radius 1 is 1.24 bits per heavy atom. The third kappa shape index (κ3) is 3.60. The molecule has 1 heterocycles. The van der Waals surface area contributed by atoms with E-state index in [1.165, 1.54) is 6.07 Å². The van der Waals surface area contributed by atoms with Crippen LogP contribution in [0, 0.1) is 0 Å². The molecular weight excluding hydrogens is 318 g/mol. The third-order valence-electron chi connectivity index (χ3n) is 2.71. The third-order valence-corrected chi connectivity index (χ3v) is 3.17. The fourth-order valence-electron chi connectivity index (χ4n) is 1.95. The van der Waals surface area contributed by atoms with Gasteiger partial charge in [0, 0.05) is 10.5 Å². The molecule has 96 valence electrons. The van der Waals surface area contributed by atoms with E-state index in [0.29, 0.717) is 10.0 Å². The lowest BCUT2D eigenvalue weighted by Crippen LogP contribution is -2.14. The smallest absolute Gasteiger partial charge is 0.310 e. The highest BCUT2D eigenvalue weighted by Gasteiger charge is 2.32. The van der Waals surface area contributed by atoms with Gasteiger partial charge in [-0.25, -0.2) is 0 Å². The van der Waals surface area contributed by atoms with Gasteiger partial charge in [-0.3, -0.25) is 0 Å². The number of hydrogen-bond acceptors (Lipinski definition) is 1. The summed E-state index contributed by atoms with van der Waals surface area (Å²) < 4.78 is 38.3. The summed E-state index contributed by atoms with van der Waals surface area (Å²) in [5.41, 5.74) is 0.116. The highest BCUT2D eigenvalue weighted by molar-refractivity contribution is 9.10. The minimum absolute atomic E-state index is 0. The second-order valence-corrected chi connectivity index (χ2v) is 4.84. The average molecular weight is 331 g/mol. The van der Waals surface area contributed by atoms with Crippen molar-refractivity contribution in [2.45, 2.75) is 25.1 Å². The molecule has 1 saturated heterocycles. The van der Waals surface area contributed by atoms with Crippen molar-refractivity contribution in [3.63, 3.8) is 0 Å². The van der Waals surface area contributed by atoms with Crippen molar-refractivity contribution >= 4 is 28.3 Å². The summed E-state index contributed by atoms with van der Waals surface area (Å²) in [4.78, 5) is 0. The van der Waals surface area contributed by atoms with Gasteiger partial charge in [0.25, 0.3) is 0 Å². The second-order valence-electron chi connectivity index (χ2n) is 3.92. The van der Waals surface area contributed by atoms with Gasteiger partial charge in [-0.05, 0) is 43.1 Å². The summed E-state index contributed by atoms with van der Waals surface area (Å²) in [7, 11) is 0. The number of halogens is 5. The van der Waals surface area contributed by atoms with Gasteiger partial charge in [0.2, 0.25) is 0 Å². The van der Waals surface area contributed by atoms with Gasteiger partial charge in [0.05, 0.1) is 5.56 Å². The molecule has 1 N–H and O–H groups in total. The first-order chi connectivity index (χ1) is 7.47. The molecule has 1 atom stereocenters. The number of benzene rings is 1. The lowest BCUT2D eigenvalue weighted by atomic mass is 10.0. The summed E-state index contributed by atoms with van der Waals surface area (Å²) in [6.07, 6.45) is -2.37. The highest BCUT2D eigenvalue weighted by atomic mass is 79.9. The van der Waals surface area contributed by atoms with E-state index in [2.05, 4.69) is 21.2 Å². The van der Waals surface area contributed by atoms with E-state index < -0.39 is 11.7 Å². The highest BCUT2D eigenvalue weighted by Crippen LogP contribution is 2.34. The fraction of sp³-hybridized carbons (Fsp3) is 0.455. The molecule has 0 radical (unpaired) electrons. The van der Waals surface area contributed by atoms with E-state index in [1.54, 1.807) is 6.07 Å². The molecule has 1 nitrogen and oxygen atoms in total. The maximum Gasteiger partial charge on any atom is 0.416 e. The molecule has 1 aliphatic heterocycles. The summed E-state index contributed by atoms with van der Waals surface area (Å²) in [6.45, 7) is 0.874. The van der Waals surface area contributed by atoms with Gasteiger partial charge >= 0.3 is 6.18 Å². The van der Waals surface area contributed by atoms with E-state index in [9.17, 15) is 13.2 Å². The molecule has 6 heteroatoms. The van der Waals surface area contributed by atoms with Crippen LogP contribution in [0.2, 0.25) is 0 Å². The summed E-state index contributed by atoms with van der Waals surface area (Å²) >= 11 is 3.12. The normalized spacial score (nSPS) is 20.1. The van der Waals surface area contributed by atoms with Gasteiger partial charge in [-0.2, -0.15) is 13.2 Å². The monoisotopic (exact) mass is 329 g/mol. The second kappa shape index (κ2) is 5.59. The zero-order chi connectivity index (χ0) is 11.8. The standard InChI is InChI=1S/C11H11BrF3N.ClH/c12-9-5-7(10-2-1-3-16-10)4-8(6-9)11(13,14)15;/h4-6,10,16H,1-3H2;1H/t10-;/m1./s1. The number of hydrogen-bond donors (Lipinski definition) is 1. The maximum atomic E-state index is 12.6. The van der Waals surface area contributed by atoms with Gasteiger partial charge < -0.3 is 5.32 Å². The van der Waals surface area contributed by atoms with E-state index in [-0.39, 0.29) is 18.4 Å². The zero-order valence-corrected chi connectivity index (χ0v) is 11.3. The molecule has 0 aliphatic carbocycles. The largest absolute Gasteiger partial charge is 0.416 e. The summed E-state index contributed by atoms with van der Waals surface area (Å²) in [5, 5.41) is 3.19. The van der Waals surface area contributed by atoms with Crippen LogP contribution in [0.4, 0.5) is 13.2 Å². The molecule has 1 aromatic carbocycles. The van der Waals surface area contributed by atoms with Crippen molar-refractivity contribution in [1.82, 2.24) is 5.32 Å². The first-order valence-corrected chi connectivity index (χ1v) is 5.87. The van der Waals surface area contributed by atoms with Crippen LogP contribution >= 0.6 is 28.3 Å². The molecule has 1 aliphatic rings. The quantitative estimate of drug-likeness (QED) is 0.809. The predicted molar refractivity (Wildman–Crippen MR) is 66.4 cm³/mol. The molecule has 1 fully saturated rings. The van der Waals surface area contributed by atoms with Crippen LogP contribution in [0.5, 0.6) is 0 Å². The molecular formula is C11H12BrClF3N. The summed E-state index contributed by atoms with van der Waals surface area (Å²) in [6, 6.07) is 4.14. The van der Waals surface area contributed by atoms with Crippen molar-refractivity contribution in [1.29, 1.82) is 0 Å². The Balaban J connectivity index is 0.00000144. The van der Waals surface area contributed by atoms with Crippen molar-refractivity contribution in [3.8, 4) is 0 Å². The molecule has 17 heavy (non-hydrogen) atoms. The van der Waals surface area contributed by atoms with Crippen LogP contribution in [0.1, 0.15) is 30.0 Å². The maximum absolute atomic E-state index is 12.6. The first kappa shape index (κ1) is 14.8. The Hall–Kier alpha value is -0.260. The van der Waals surface area contributed by atoms with Crippen LogP contribution < -0.4 is 5.32 Å². The van der Waals surface area contributed by atoms with Crippen LogP contribution in [0.15, 0.2) is 22.7 Å². The number of nitrogens with one attached hydrogen (secondary N) is 1. The van der Waals surface area contributed by atoms with Gasteiger partial charge in [0.15, 0.2) is 0 Å². The van der Waals surface area contributed by atoms with E-state index in [0.717, 1.165) is 25.5 Å². The molecule has 2 rings (SSSR count). The van der Waals surface area contributed by atoms with Gasteiger partial charge in [-0.1, -0.05) is 15.9 Å². The molecule has 0 spiro atoms. The predicted octanol–water partition coefficient (Wildman–Crippen LogP) is 4.31. The van der Waals surface area contributed by atoms with Crippen LogP contribution in [0.3, 0.4) is 0 Å². The lowest BCUT2D eigenvalue weighted by Gasteiger charge is -2.14. The first-order valence-electron chi connectivity index (χ1n) is 5.08. The molecule has 0 amide bonds. The van der Waals surface area contributed by atoms with E-state index in [4.69, 9.17) is 0 Å². The Labute approximate surface area is 112 Å². The molecule has 1 aromatic rings. The van der Waals surface area contributed by atoms with Crippen molar-refractivity contribution in [3.05, 3.63) is 33.8 Å². The lowest BCUT2D eigenvalue weighted by molar-refractivity contribution is -0.137. The van der Waals surface area contributed by atoms with E-state index in [1.807, 2.05) is 0 Å². The van der Waals surface area contributed by atoms with Gasteiger partial charge in [0.1, 0.15) is 0 Å². The zero-order valence-electron chi connectivity index (χ0n) is 8.85. The Morgan fingerprint density at radius 2 is 1.94 bits per heavy atom. The number of alkyl halides is 3.